The van der Waals surface area contributed by atoms with Crippen molar-refractivity contribution in [2.24, 2.45) is 5.92 Å². The maximum Gasteiger partial charge on any atom is 0.249 e. The Balaban J connectivity index is 1.55. The van der Waals surface area contributed by atoms with E-state index in [9.17, 15) is 4.79 Å². The lowest BCUT2D eigenvalue weighted by Gasteiger charge is -2.45. The van der Waals surface area contributed by atoms with Gasteiger partial charge >= 0.3 is 0 Å². The van der Waals surface area contributed by atoms with E-state index in [2.05, 4.69) is 17.6 Å². The highest BCUT2D eigenvalue weighted by Crippen LogP contribution is 2.34. The second-order valence-electron chi connectivity index (χ2n) is 7.02. The Morgan fingerprint density at radius 3 is 2.75 bits per heavy atom. The van der Waals surface area contributed by atoms with Crippen LogP contribution in [-0.2, 0) is 9.53 Å². The average Bonchev–Trinajstić information content (AvgIpc) is 2.86. The van der Waals surface area contributed by atoms with Crippen molar-refractivity contribution >= 4 is 5.91 Å². The highest BCUT2D eigenvalue weighted by atomic mass is 16.5. The third-order valence-electron chi connectivity index (χ3n) is 5.43. The molecule has 3 aliphatic rings. The molecule has 0 bridgehead atoms. The molecule has 0 aromatic rings. The molecule has 2 heterocycles. The number of rotatable bonds is 2. The fourth-order valence-corrected chi connectivity index (χ4v) is 4.20. The van der Waals surface area contributed by atoms with Crippen LogP contribution in [0.25, 0.3) is 0 Å². The maximum atomic E-state index is 12.3. The van der Waals surface area contributed by atoms with Crippen LogP contribution >= 0.6 is 0 Å². The zero-order chi connectivity index (χ0) is 14.0. The molecule has 0 radical (unpaired) electrons. The van der Waals surface area contributed by atoms with E-state index in [0.717, 1.165) is 32.4 Å². The Labute approximate surface area is 122 Å². The first-order valence-corrected chi connectivity index (χ1v) is 8.36. The topological polar surface area (TPSA) is 50.4 Å². The van der Waals surface area contributed by atoms with E-state index in [-0.39, 0.29) is 12.0 Å². The van der Waals surface area contributed by atoms with E-state index in [1.165, 1.54) is 32.1 Å². The van der Waals surface area contributed by atoms with Crippen LogP contribution in [-0.4, -0.2) is 36.7 Å². The average molecular weight is 280 g/mol. The van der Waals surface area contributed by atoms with Crippen LogP contribution in [0.3, 0.4) is 0 Å². The lowest BCUT2D eigenvalue weighted by atomic mass is 9.75. The predicted molar refractivity (Wildman–Crippen MR) is 78.5 cm³/mol. The van der Waals surface area contributed by atoms with Gasteiger partial charge in [0.2, 0.25) is 5.91 Å². The van der Waals surface area contributed by atoms with Crippen molar-refractivity contribution in [3.8, 4) is 0 Å². The molecule has 0 aromatic heterocycles. The van der Waals surface area contributed by atoms with Crippen LogP contribution in [0, 0.1) is 5.92 Å². The highest BCUT2D eigenvalue weighted by Gasteiger charge is 2.39. The fourth-order valence-electron chi connectivity index (χ4n) is 4.20. The van der Waals surface area contributed by atoms with Crippen molar-refractivity contribution in [3.63, 3.8) is 0 Å². The summed E-state index contributed by atoms with van der Waals surface area (Å²) in [6, 6.07) is 0.332. The van der Waals surface area contributed by atoms with E-state index in [0.29, 0.717) is 17.5 Å². The van der Waals surface area contributed by atoms with Gasteiger partial charge < -0.3 is 15.4 Å². The summed E-state index contributed by atoms with van der Waals surface area (Å²) < 4.78 is 5.58. The molecule has 3 atom stereocenters. The molecule has 3 fully saturated rings. The molecule has 1 amide bonds. The number of amides is 1. The lowest BCUT2D eigenvalue weighted by molar-refractivity contribution is -0.132. The predicted octanol–water partition coefficient (Wildman–Crippen LogP) is 1.98. The zero-order valence-electron chi connectivity index (χ0n) is 12.6. The van der Waals surface area contributed by atoms with Gasteiger partial charge in [0, 0.05) is 18.2 Å². The molecule has 3 rings (SSSR count). The van der Waals surface area contributed by atoms with Gasteiger partial charge in [-0.05, 0) is 44.6 Å². The minimum absolute atomic E-state index is 0.118. The maximum absolute atomic E-state index is 12.3. The van der Waals surface area contributed by atoms with E-state index in [4.69, 9.17) is 4.74 Å². The minimum Gasteiger partial charge on any atom is -0.368 e. The number of hydrogen-bond acceptors (Lipinski definition) is 3. The number of hydrogen-bond donors (Lipinski definition) is 2. The summed E-state index contributed by atoms with van der Waals surface area (Å²) in [5.74, 6) is 0.480. The van der Waals surface area contributed by atoms with Crippen molar-refractivity contribution in [2.75, 3.05) is 13.2 Å². The van der Waals surface area contributed by atoms with Crippen LogP contribution in [0.5, 0.6) is 0 Å². The molecular formula is C16H28N2O2. The van der Waals surface area contributed by atoms with Gasteiger partial charge in [-0.25, -0.2) is 0 Å². The van der Waals surface area contributed by atoms with Crippen molar-refractivity contribution < 1.29 is 9.53 Å². The summed E-state index contributed by atoms with van der Waals surface area (Å²) in [4.78, 5) is 12.3. The number of carbonyl (C=O) groups is 1. The molecule has 0 aromatic carbocycles. The van der Waals surface area contributed by atoms with Crippen LogP contribution in [0.2, 0.25) is 0 Å². The quantitative estimate of drug-likeness (QED) is 0.813. The van der Waals surface area contributed by atoms with Crippen LogP contribution in [0.1, 0.15) is 58.3 Å². The van der Waals surface area contributed by atoms with E-state index < -0.39 is 0 Å². The van der Waals surface area contributed by atoms with Gasteiger partial charge in [0.25, 0.3) is 0 Å². The van der Waals surface area contributed by atoms with Gasteiger partial charge in [-0.2, -0.15) is 0 Å². The van der Waals surface area contributed by atoms with E-state index >= 15 is 0 Å². The third-order valence-corrected chi connectivity index (χ3v) is 5.43. The SMILES string of the molecule is CC1CCOC1C(=O)NC1CCNC2(CCCCC2)C1. The molecule has 2 aliphatic heterocycles. The largest absolute Gasteiger partial charge is 0.368 e. The fraction of sp³-hybridized carbons (Fsp3) is 0.938. The molecular weight excluding hydrogens is 252 g/mol. The summed E-state index contributed by atoms with van der Waals surface area (Å²) in [6.07, 6.45) is 9.52. The van der Waals surface area contributed by atoms with Crippen molar-refractivity contribution in [1.29, 1.82) is 0 Å². The highest BCUT2D eigenvalue weighted by molar-refractivity contribution is 5.81. The summed E-state index contributed by atoms with van der Waals surface area (Å²) in [5.41, 5.74) is 0.302. The van der Waals surface area contributed by atoms with Gasteiger partial charge in [-0.3, -0.25) is 4.79 Å². The summed E-state index contributed by atoms with van der Waals surface area (Å²) in [6.45, 7) is 3.88. The first-order chi connectivity index (χ1) is 9.69. The van der Waals surface area contributed by atoms with Crippen LogP contribution in [0.4, 0.5) is 0 Å². The number of nitrogens with one attached hydrogen (secondary N) is 2. The zero-order valence-corrected chi connectivity index (χ0v) is 12.6. The monoisotopic (exact) mass is 280 g/mol. The smallest absolute Gasteiger partial charge is 0.249 e. The lowest BCUT2D eigenvalue weighted by Crippen LogP contribution is -2.58. The summed E-state index contributed by atoms with van der Waals surface area (Å²) in [5, 5.41) is 6.99. The molecule has 1 spiro atoms. The summed E-state index contributed by atoms with van der Waals surface area (Å²) >= 11 is 0. The summed E-state index contributed by atoms with van der Waals surface area (Å²) in [7, 11) is 0. The van der Waals surface area contributed by atoms with Crippen molar-refractivity contribution in [2.45, 2.75) is 76.0 Å². The molecule has 114 valence electrons. The number of carbonyl (C=O) groups excluding carboxylic acids is 1. The Morgan fingerprint density at radius 2 is 2.05 bits per heavy atom. The molecule has 3 unspecified atom stereocenters. The van der Waals surface area contributed by atoms with E-state index in [1.807, 2.05) is 0 Å². The van der Waals surface area contributed by atoms with Gasteiger partial charge in [0.05, 0.1) is 0 Å². The molecule has 4 heteroatoms. The van der Waals surface area contributed by atoms with Gasteiger partial charge in [0.1, 0.15) is 6.10 Å². The second kappa shape index (κ2) is 6.02. The molecule has 1 aliphatic carbocycles. The molecule has 4 nitrogen and oxygen atoms in total. The van der Waals surface area contributed by atoms with Gasteiger partial charge in [0.15, 0.2) is 0 Å². The van der Waals surface area contributed by atoms with Crippen LogP contribution < -0.4 is 10.6 Å². The third kappa shape index (κ3) is 3.01. The van der Waals surface area contributed by atoms with Crippen LogP contribution in [0.15, 0.2) is 0 Å². The Hall–Kier alpha value is -0.610. The van der Waals surface area contributed by atoms with Crippen molar-refractivity contribution in [3.05, 3.63) is 0 Å². The standard InChI is InChI=1S/C16H28N2O2/c1-12-6-10-20-14(12)15(19)18-13-5-9-17-16(11-13)7-3-2-4-8-16/h12-14,17H,2-11H2,1H3,(H,18,19). The number of ether oxygens (including phenoxy) is 1. The van der Waals surface area contributed by atoms with Crippen molar-refractivity contribution in [1.82, 2.24) is 10.6 Å². The minimum atomic E-state index is -0.216. The molecule has 2 saturated heterocycles. The van der Waals surface area contributed by atoms with Gasteiger partial charge in [-0.15, -0.1) is 0 Å². The normalized spacial score (nSPS) is 37.0. The van der Waals surface area contributed by atoms with Gasteiger partial charge in [-0.1, -0.05) is 26.2 Å². The first-order valence-electron chi connectivity index (χ1n) is 8.36. The Kier molecular flexibility index (Phi) is 4.32. The number of piperidine rings is 1. The molecule has 2 N–H and O–H groups in total. The Morgan fingerprint density at radius 1 is 1.25 bits per heavy atom. The molecule has 1 saturated carbocycles. The second-order valence-corrected chi connectivity index (χ2v) is 7.02. The van der Waals surface area contributed by atoms with E-state index in [1.54, 1.807) is 0 Å². The Bertz CT molecular complexity index is 347. The molecule has 20 heavy (non-hydrogen) atoms. The first kappa shape index (κ1) is 14.3.